The van der Waals surface area contributed by atoms with Crippen molar-refractivity contribution < 1.29 is 28.9 Å². The number of non-ortho nitro benzene ring substituents is 1. The van der Waals surface area contributed by atoms with Crippen molar-refractivity contribution in [2.45, 2.75) is 46.5 Å². The number of hydrogen-bond donors (Lipinski definition) is 0. The summed E-state index contributed by atoms with van der Waals surface area (Å²) in [6.45, 7) is 10.8. The zero-order valence-corrected chi connectivity index (χ0v) is 24.0. The number of esters is 1. The van der Waals surface area contributed by atoms with Gasteiger partial charge in [-0.15, -0.1) is 0 Å². The van der Waals surface area contributed by atoms with Gasteiger partial charge in [0.15, 0.2) is 18.1 Å². The van der Waals surface area contributed by atoms with E-state index in [1.807, 2.05) is 24.3 Å². The summed E-state index contributed by atoms with van der Waals surface area (Å²) < 4.78 is 16.4. The number of carbonyl (C=O) groups is 1. The standard InChI is InChI=1S/C31H34N2O8/c1-30(2,3)20-31(4,5)23-11-14-25(15-12-23)40-19-29(34)41-27-16-8-21(17-28(27)39-6)7-9-22-10-13-24(32(35)36)18-26(22)33(37)38/h7-18H,19-20H2,1-6H3/b9-7+. The van der Waals surface area contributed by atoms with Crippen LogP contribution < -0.4 is 14.2 Å². The zero-order chi connectivity index (χ0) is 30.4. The molecule has 0 N–H and O–H groups in total. The lowest BCUT2D eigenvalue weighted by Gasteiger charge is -2.33. The lowest BCUT2D eigenvalue weighted by Crippen LogP contribution is -2.24. The third-order valence-corrected chi connectivity index (χ3v) is 6.25. The molecule has 0 atom stereocenters. The fourth-order valence-corrected chi connectivity index (χ4v) is 4.73. The highest BCUT2D eigenvalue weighted by atomic mass is 16.6. The minimum Gasteiger partial charge on any atom is -0.493 e. The molecule has 0 aliphatic heterocycles. The van der Waals surface area contributed by atoms with Crippen molar-refractivity contribution >= 4 is 29.5 Å². The molecule has 0 saturated heterocycles. The number of nitro benzene ring substituents is 2. The minimum atomic E-state index is -0.693. The van der Waals surface area contributed by atoms with Gasteiger partial charge in [0, 0.05) is 6.07 Å². The van der Waals surface area contributed by atoms with Crippen LogP contribution in [-0.2, 0) is 10.2 Å². The maximum Gasteiger partial charge on any atom is 0.349 e. The molecule has 0 fully saturated rings. The molecule has 0 bridgehead atoms. The second-order valence-corrected chi connectivity index (χ2v) is 11.4. The van der Waals surface area contributed by atoms with Crippen LogP contribution in [-0.4, -0.2) is 29.5 Å². The number of hydrogen-bond acceptors (Lipinski definition) is 8. The number of rotatable bonds is 11. The molecule has 3 aromatic rings. The molecule has 3 aromatic carbocycles. The first kappa shape index (κ1) is 30.8. The van der Waals surface area contributed by atoms with E-state index in [1.165, 1.54) is 36.9 Å². The van der Waals surface area contributed by atoms with Crippen LogP contribution in [0.3, 0.4) is 0 Å². The topological polar surface area (TPSA) is 131 Å². The SMILES string of the molecule is COc1cc(/C=C/c2ccc([N+](=O)[O-])cc2[N+](=O)[O-])ccc1OC(=O)COc1ccc(C(C)(C)CC(C)(C)C)cc1. The van der Waals surface area contributed by atoms with E-state index in [0.717, 1.165) is 12.5 Å². The zero-order valence-electron chi connectivity index (χ0n) is 24.0. The van der Waals surface area contributed by atoms with Crippen molar-refractivity contribution in [2.24, 2.45) is 5.41 Å². The highest BCUT2D eigenvalue weighted by molar-refractivity contribution is 5.77. The van der Waals surface area contributed by atoms with Crippen LogP contribution in [0.4, 0.5) is 11.4 Å². The van der Waals surface area contributed by atoms with Gasteiger partial charge in [-0.3, -0.25) is 20.2 Å². The van der Waals surface area contributed by atoms with Crippen LogP contribution in [0.1, 0.15) is 57.7 Å². The predicted molar refractivity (Wildman–Crippen MR) is 156 cm³/mol. The molecule has 0 aliphatic carbocycles. The molecular weight excluding hydrogens is 528 g/mol. The smallest absolute Gasteiger partial charge is 0.349 e. The first-order chi connectivity index (χ1) is 19.2. The van der Waals surface area contributed by atoms with Crippen LogP contribution >= 0.6 is 0 Å². The lowest BCUT2D eigenvalue weighted by atomic mass is 9.72. The predicted octanol–water partition coefficient (Wildman–Crippen LogP) is 7.38. The van der Waals surface area contributed by atoms with Crippen LogP contribution in [0.5, 0.6) is 17.2 Å². The minimum absolute atomic E-state index is 0.00974. The molecule has 216 valence electrons. The number of ether oxygens (including phenoxy) is 3. The average Bonchev–Trinajstić information content (AvgIpc) is 2.90. The van der Waals surface area contributed by atoms with E-state index in [4.69, 9.17) is 14.2 Å². The lowest BCUT2D eigenvalue weighted by molar-refractivity contribution is -0.394. The molecule has 0 aliphatic rings. The normalized spacial score (nSPS) is 11.8. The summed E-state index contributed by atoms with van der Waals surface area (Å²) in [6.07, 6.45) is 4.06. The summed E-state index contributed by atoms with van der Waals surface area (Å²) in [5.41, 5.74) is 1.39. The van der Waals surface area contributed by atoms with Gasteiger partial charge < -0.3 is 14.2 Å². The van der Waals surface area contributed by atoms with E-state index in [0.29, 0.717) is 11.3 Å². The molecule has 0 heterocycles. The van der Waals surface area contributed by atoms with Crippen molar-refractivity contribution in [1.29, 1.82) is 0 Å². The van der Waals surface area contributed by atoms with Crippen LogP contribution in [0.25, 0.3) is 12.2 Å². The Labute approximate surface area is 238 Å². The maximum atomic E-state index is 12.5. The van der Waals surface area contributed by atoms with Gasteiger partial charge in [-0.1, -0.05) is 58.9 Å². The Morgan fingerprint density at radius 3 is 2.12 bits per heavy atom. The summed E-state index contributed by atoms with van der Waals surface area (Å²) in [7, 11) is 1.42. The largest absolute Gasteiger partial charge is 0.493 e. The average molecular weight is 563 g/mol. The number of nitro groups is 2. The van der Waals surface area contributed by atoms with Gasteiger partial charge in [-0.25, -0.2) is 4.79 Å². The van der Waals surface area contributed by atoms with Gasteiger partial charge in [-0.05, 0) is 64.8 Å². The highest BCUT2D eigenvalue weighted by Gasteiger charge is 2.27. The van der Waals surface area contributed by atoms with E-state index in [9.17, 15) is 25.0 Å². The van der Waals surface area contributed by atoms with Crippen molar-refractivity contribution in [1.82, 2.24) is 0 Å². The molecule has 3 rings (SSSR count). The van der Waals surface area contributed by atoms with Crippen molar-refractivity contribution in [3.63, 3.8) is 0 Å². The summed E-state index contributed by atoms with van der Waals surface area (Å²) in [6, 6.07) is 15.9. The Morgan fingerprint density at radius 1 is 0.854 bits per heavy atom. The maximum absolute atomic E-state index is 12.5. The molecule has 0 aromatic heterocycles. The van der Waals surface area contributed by atoms with Crippen molar-refractivity contribution in [3.05, 3.63) is 97.6 Å². The van der Waals surface area contributed by atoms with E-state index < -0.39 is 21.5 Å². The summed E-state index contributed by atoms with van der Waals surface area (Å²) in [5, 5.41) is 22.3. The fraction of sp³-hybridized carbons (Fsp3) is 0.323. The second kappa shape index (κ2) is 12.6. The Morgan fingerprint density at radius 2 is 1.54 bits per heavy atom. The molecule has 10 nitrogen and oxygen atoms in total. The monoisotopic (exact) mass is 562 g/mol. The second-order valence-electron chi connectivity index (χ2n) is 11.4. The summed E-state index contributed by atoms with van der Waals surface area (Å²) in [5.74, 6) is 0.373. The van der Waals surface area contributed by atoms with E-state index in [2.05, 4.69) is 34.6 Å². The van der Waals surface area contributed by atoms with E-state index in [1.54, 1.807) is 18.2 Å². The van der Waals surface area contributed by atoms with E-state index in [-0.39, 0.29) is 40.2 Å². The van der Waals surface area contributed by atoms with Gasteiger partial charge in [0.25, 0.3) is 11.4 Å². The molecule has 0 spiro atoms. The number of carbonyl (C=O) groups excluding carboxylic acids is 1. The van der Waals surface area contributed by atoms with Gasteiger partial charge in [0.2, 0.25) is 0 Å². The van der Waals surface area contributed by atoms with Gasteiger partial charge in [0.05, 0.1) is 28.6 Å². The quantitative estimate of drug-likeness (QED) is 0.0777. The molecule has 0 unspecified atom stereocenters. The number of benzene rings is 3. The Hall–Kier alpha value is -4.73. The third kappa shape index (κ3) is 8.63. The Balaban J connectivity index is 1.65. The van der Waals surface area contributed by atoms with Crippen molar-refractivity contribution in [3.8, 4) is 17.2 Å². The molecule has 10 heteroatoms. The summed E-state index contributed by atoms with van der Waals surface area (Å²) >= 11 is 0. The first-order valence-electron chi connectivity index (χ1n) is 12.9. The molecule has 0 saturated carbocycles. The van der Waals surface area contributed by atoms with Gasteiger partial charge in [0.1, 0.15) is 5.75 Å². The van der Waals surface area contributed by atoms with E-state index >= 15 is 0 Å². The van der Waals surface area contributed by atoms with Crippen LogP contribution in [0, 0.1) is 25.6 Å². The van der Waals surface area contributed by atoms with Gasteiger partial charge in [-0.2, -0.15) is 0 Å². The molecule has 0 amide bonds. The Kier molecular flexibility index (Phi) is 9.49. The van der Waals surface area contributed by atoms with Crippen LogP contribution in [0.2, 0.25) is 0 Å². The Bertz CT molecular complexity index is 1450. The first-order valence-corrected chi connectivity index (χ1v) is 12.9. The highest BCUT2D eigenvalue weighted by Crippen LogP contribution is 2.37. The fourth-order valence-electron chi connectivity index (χ4n) is 4.73. The number of nitrogens with zero attached hydrogens (tertiary/aromatic N) is 2. The third-order valence-electron chi connectivity index (χ3n) is 6.25. The summed E-state index contributed by atoms with van der Waals surface area (Å²) in [4.78, 5) is 33.4. The molecule has 0 radical (unpaired) electrons. The molecular formula is C31H34N2O8. The van der Waals surface area contributed by atoms with Crippen LogP contribution in [0.15, 0.2) is 60.7 Å². The number of methoxy groups -OCH3 is 1. The van der Waals surface area contributed by atoms with Gasteiger partial charge >= 0.3 is 5.97 Å². The van der Waals surface area contributed by atoms with Crippen molar-refractivity contribution in [2.75, 3.05) is 13.7 Å². The molecule has 41 heavy (non-hydrogen) atoms.